The molecule has 0 spiro atoms. The molecule has 1 aromatic carbocycles. The van der Waals surface area contributed by atoms with Crippen LogP contribution in [0, 0.1) is 11.7 Å². The van der Waals surface area contributed by atoms with Gasteiger partial charge in [-0.05, 0) is 63.0 Å². The number of piperidine rings is 1. The van der Waals surface area contributed by atoms with E-state index in [1.165, 1.54) is 12.1 Å². The Morgan fingerprint density at radius 3 is 2.59 bits per heavy atom. The molecule has 0 saturated carbocycles. The number of likely N-dealkylation sites (tertiary alicyclic amines) is 1. The number of aromatic nitrogens is 2. The van der Waals surface area contributed by atoms with E-state index in [1.807, 2.05) is 19.3 Å². The fourth-order valence-electron chi connectivity index (χ4n) is 3.03. The second-order valence-electron chi connectivity index (χ2n) is 6.12. The Bertz CT molecular complexity index is 601. The van der Waals surface area contributed by atoms with Gasteiger partial charge in [-0.25, -0.2) is 9.07 Å². The number of benzene rings is 1. The molecule has 1 saturated heterocycles. The number of aliphatic hydroxyl groups is 1. The van der Waals surface area contributed by atoms with Crippen LogP contribution in [0.1, 0.15) is 25.3 Å². The molecule has 5 heteroatoms. The first-order valence-electron chi connectivity index (χ1n) is 7.82. The summed E-state index contributed by atoms with van der Waals surface area (Å²) in [5.41, 5.74) is 2.01. The normalized spacial score (nSPS) is 18.5. The number of nitrogens with zero attached hydrogens (tertiary/aromatic N) is 3. The molecule has 1 aromatic heterocycles. The number of halogens is 1. The molecule has 4 nitrogen and oxygen atoms in total. The van der Waals surface area contributed by atoms with Crippen molar-refractivity contribution in [1.29, 1.82) is 0 Å². The Hall–Kier alpha value is -1.72. The maximum absolute atomic E-state index is 13.0. The summed E-state index contributed by atoms with van der Waals surface area (Å²) >= 11 is 0. The largest absolute Gasteiger partial charge is 0.393 e. The summed E-state index contributed by atoms with van der Waals surface area (Å²) in [6.45, 7) is 4.77. The molecule has 1 atom stereocenters. The van der Waals surface area contributed by atoms with E-state index >= 15 is 0 Å². The Kier molecular flexibility index (Phi) is 4.55. The van der Waals surface area contributed by atoms with Gasteiger partial charge in [0.05, 0.1) is 18.0 Å². The summed E-state index contributed by atoms with van der Waals surface area (Å²) in [4.78, 5) is 2.39. The van der Waals surface area contributed by atoms with Crippen LogP contribution < -0.4 is 0 Å². The van der Waals surface area contributed by atoms with Gasteiger partial charge in [-0.15, -0.1) is 0 Å². The van der Waals surface area contributed by atoms with Crippen LogP contribution in [0.25, 0.3) is 5.69 Å². The van der Waals surface area contributed by atoms with Crippen molar-refractivity contribution in [1.82, 2.24) is 14.7 Å². The van der Waals surface area contributed by atoms with Crippen LogP contribution in [-0.2, 0) is 6.54 Å². The van der Waals surface area contributed by atoms with Crippen molar-refractivity contribution in [3.05, 3.63) is 48.0 Å². The molecule has 2 heterocycles. The van der Waals surface area contributed by atoms with Gasteiger partial charge in [-0.1, -0.05) is 0 Å². The summed E-state index contributed by atoms with van der Waals surface area (Å²) in [5.74, 6) is 0.190. The van der Waals surface area contributed by atoms with Gasteiger partial charge in [-0.2, -0.15) is 5.10 Å². The minimum absolute atomic E-state index is 0.205. The monoisotopic (exact) mass is 303 g/mol. The van der Waals surface area contributed by atoms with E-state index in [2.05, 4.69) is 10.00 Å². The Morgan fingerprint density at radius 1 is 1.27 bits per heavy atom. The zero-order valence-corrected chi connectivity index (χ0v) is 12.8. The maximum Gasteiger partial charge on any atom is 0.123 e. The molecular formula is C17H22FN3O. The fourth-order valence-corrected chi connectivity index (χ4v) is 3.03. The number of rotatable bonds is 4. The average Bonchev–Trinajstić information content (AvgIpc) is 2.97. The molecule has 3 rings (SSSR count). The van der Waals surface area contributed by atoms with E-state index in [0.717, 1.165) is 43.7 Å². The highest BCUT2D eigenvalue weighted by Gasteiger charge is 2.22. The third kappa shape index (κ3) is 3.54. The standard InChI is InChI=1S/C17H22FN3O/c1-13(22)15-6-8-20(9-7-15)11-14-10-19-21(12-14)17-4-2-16(18)3-5-17/h2-5,10,12-13,15,22H,6-9,11H2,1H3. The van der Waals surface area contributed by atoms with Crippen molar-refractivity contribution >= 4 is 0 Å². The Labute approximate surface area is 130 Å². The second-order valence-corrected chi connectivity index (χ2v) is 6.12. The SMILES string of the molecule is CC(O)C1CCN(Cc2cnn(-c3ccc(F)cc3)c2)CC1. The second kappa shape index (κ2) is 6.58. The van der Waals surface area contributed by atoms with E-state index in [0.29, 0.717) is 5.92 Å². The van der Waals surface area contributed by atoms with E-state index in [4.69, 9.17) is 0 Å². The highest BCUT2D eigenvalue weighted by molar-refractivity contribution is 5.31. The summed E-state index contributed by atoms with van der Waals surface area (Å²) in [5, 5.41) is 14.0. The molecule has 0 aliphatic carbocycles. The smallest absolute Gasteiger partial charge is 0.123 e. The van der Waals surface area contributed by atoms with Crippen molar-refractivity contribution in [3.8, 4) is 5.69 Å². The summed E-state index contributed by atoms with van der Waals surface area (Å²) in [6, 6.07) is 6.33. The molecule has 1 aliphatic rings. The first-order valence-corrected chi connectivity index (χ1v) is 7.82. The number of hydrogen-bond acceptors (Lipinski definition) is 3. The van der Waals surface area contributed by atoms with Crippen LogP contribution in [0.5, 0.6) is 0 Å². The molecule has 118 valence electrons. The van der Waals surface area contributed by atoms with Gasteiger partial charge in [0, 0.05) is 18.3 Å². The molecule has 1 N–H and O–H groups in total. The Balaban J connectivity index is 1.59. The summed E-state index contributed by atoms with van der Waals surface area (Å²) in [6.07, 6.45) is 5.74. The van der Waals surface area contributed by atoms with Gasteiger partial charge < -0.3 is 5.11 Å². The first kappa shape index (κ1) is 15.2. The van der Waals surface area contributed by atoms with Crippen LogP contribution in [0.2, 0.25) is 0 Å². The zero-order chi connectivity index (χ0) is 15.5. The lowest BCUT2D eigenvalue weighted by atomic mass is 9.92. The highest BCUT2D eigenvalue weighted by Crippen LogP contribution is 2.22. The highest BCUT2D eigenvalue weighted by atomic mass is 19.1. The molecule has 1 unspecified atom stereocenters. The van der Waals surface area contributed by atoms with Crippen molar-refractivity contribution in [3.63, 3.8) is 0 Å². The van der Waals surface area contributed by atoms with Gasteiger partial charge in [0.15, 0.2) is 0 Å². The third-order valence-corrected chi connectivity index (χ3v) is 4.45. The van der Waals surface area contributed by atoms with Crippen molar-refractivity contribution in [2.75, 3.05) is 13.1 Å². The predicted octanol–water partition coefficient (Wildman–Crippen LogP) is 2.60. The molecule has 22 heavy (non-hydrogen) atoms. The summed E-state index contributed by atoms with van der Waals surface area (Å²) < 4.78 is 14.7. The minimum Gasteiger partial charge on any atom is -0.393 e. The van der Waals surface area contributed by atoms with Gasteiger partial charge in [0.1, 0.15) is 5.82 Å². The molecule has 0 amide bonds. The lowest BCUT2D eigenvalue weighted by Crippen LogP contribution is -2.36. The Morgan fingerprint density at radius 2 is 1.95 bits per heavy atom. The molecule has 2 aromatic rings. The van der Waals surface area contributed by atoms with Gasteiger partial charge >= 0.3 is 0 Å². The molecule has 1 fully saturated rings. The molecule has 0 radical (unpaired) electrons. The van der Waals surface area contributed by atoms with Crippen molar-refractivity contribution in [2.45, 2.75) is 32.4 Å². The first-order chi connectivity index (χ1) is 10.6. The lowest BCUT2D eigenvalue weighted by molar-refractivity contribution is 0.0695. The topological polar surface area (TPSA) is 41.3 Å². The molecular weight excluding hydrogens is 281 g/mol. The van der Waals surface area contributed by atoms with E-state index in [1.54, 1.807) is 16.8 Å². The maximum atomic E-state index is 13.0. The zero-order valence-electron chi connectivity index (χ0n) is 12.8. The van der Waals surface area contributed by atoms with E-state index in [9.17, 15) is 9.50 Å². The predicted molar refractivity (Wildman–Crippen MR) is 83.2 cm³/mol. The van der Waals surface area contributed by atoms with E-state index < -0.39 is 0 Å². The average molecular weight is 303 g/mol. The molecule has 1 aliphatic heterocycles. The van der Waals surface area contributed by atoms with E-state index in [-0.39, 0.29) is 11.9 Å². The fraction of sp³-hybridized carbons (Fsp3) is 0.471. The lowest BCUT2D eigenvalue weighted by Gasteiger charge is -2.32. The van der Waals surface area contributed by atoms with Crippen LogP contribution in [0.4, 0.5) is 4.39 Å². The van der Waals surface area contributed by atoms with Crippen molar-refractivity contribution < 1.29 is 9.50 Å². The number of aliphatic hydroxyl groups excluding tert-OH is 1. The minimum atomic E-state index is -0.239. The van der Waals surface area contributed by atoms with Crippen molar-refractivity contribution in [2.24, 2.45) is 5.92 Å². The summed E-state index contributed by atoms with van der Waals surface area (Å²) in [7, 11) is 0. The molecule has 0 bridgehead atoms. The van der Waals surface area contributed by atoms with Gasteiger partial charge in [0.2, 0.25) is 0 Å². The van der Waals surface area contributed by atoms with Gasteiger partial charge in [-0.3, -0.25) is 4.90 Å². The quantitative estimate of drug-likeness (QED) is 0.944. The van der Waals surface area contributed by atoms with Gasteiger partial charge in [0.25, 0.3) is 0 Å². The number of hydrogen-bond donors (Lipinski definition) is 1. The van der Waals surface area contributed by atoms with Crippen LogP contribution in [0.15, 0.2) is 36.7 Å². The van der Waals surface area contributed by atoms with Crippen LogP contribution in [-0.4, -0.2) is 39.0 Å². The van der Waals surface area contributed by atoms with Crippen LogP contribution in [0.3, 0.4) is 0 Å². The third-order valence-electron chi connectivity index (χ3n) is 4.45. The van der Waals surface area contributed by atoms with Crippen LogP contribution >= 0.6 is 0 Å².